The van der Waals surface area contributed by atoms with Gasteiger partial charge >= 0.3 is 0 Å². The topological polar surface area (TPSA) is 44.7 Å². The number of fused-ring (bicyclic) bond motifs is 1. The molecule has 1 saturated heterocycles. The molecule has 4 nitrogen and oxygen atoms in total. The van der Waals surface area contributed by atoms with E-state index in [9.17, 15) is 5.11 Å². The van der Waals surface area contributed by atoms with Gasteiger partial charge in [-0.15, -0.1) is 0 Å². The number of nitrogens with one attached hydrogen (secondary N) is 1. The molecule has 0 aromatic heterocycles. The summed E-state index contributed by atoms with van der Waals surface area (Å²) in [5, 5.41) is 12.6. The number of nitrogens with zero attached hydrogens (tertiary/aromatic N) is 1. The summed E-state index contributed by atoms with van der Waals surface area (Å²) in [5.74, 6) is 0. The second kappa shape index (κ2) is 7.02. The number of hydrogen-bond donors (Lipinski definition) is 2. The minimum absolute atomic E-state index is 0.127. The highest BCUT2D eigenvalue weighted by atomic mass is 16.5. The van der Waals surface area contributed by atoms with Crippen LogP contribution in [-0.2, 0) is 4.74 Å². The van der Waals surface area contributed by atoms with Crippen molar-refractivity contribution in [2.24, 2.45) is 0 Å². The van der Waals surface area contributed by atoms with Gasteiger partial charge in [0.1, 0.15) is 0 Å². The molecule has 0 bridgehead atoms. The molecule has 0 spiro atoms. The molecule has 4 heteroatoms. The third-order valence-electron chi connectivity index (χ3n) is 4.97. The van der Waals surface area contributed by atoms with E-state index >= 15 is 0 Å². The van der Waals surface area contributed by atoms with Gasteiger partial charge in [-0.3, -0.25) is 4.90 Å². The fourth-order valence-corrected chi connectivity index (χ4v) is 3.41. The third kappa shape index (κ3) is 3.91. The van der Waals surface area contributed by atoms with E-state index in [2.05, 4.69) is 17.1 Å². The molecular formula is C15H30N2O2. The summed E-state index contributed by atoms with van der Waals surface area (Å²) in [5.41, 5.74) is -0.127. The summed E-state index contributed by atoms with van der Waals surface area (Å²) in [4.78, 5) is 2.63. The van der Waals surface area contributed by atoms with Gasteiger partial charge in [0, 0.05) is 18.1 Å². The van der Waals surface area contributed by atoms with E-state index in [1.165, 1.54) is 25.7 Å². The largest absolute Gasteiger partial charge is 0.394 e. The smallest absolute Gasteiger partial charge is 0.0730 e. The quantitative estimate of drug-likeness (QED) is 0.765. The summed E-state index contributed by atoms with van der Waals surface area (Å²) in [7, 11) is 1.93. The summed E-state index contributed by atoms with van der Waals surface area (Å²) in [6, 6.07) is 0.650. The third-order valence-corrected chi connectivity index (χ3v) is 4.97. The van der Waals surface area contributed by atoms with Crippen LogP contribution in [0, 0.1) is 0 Å². The van der Waals surface area contributed by atoms with Crippen LogP contribution in [-0.4, -0.2) is 61.0 Å². The minimum atomic E-state index is -0.127. The highest BCUT2D eigenvalue weighted by Gasteiger charge is 2.34. The van der Waals surface area contributed by atoms with Crippen LogP contribution in [0.3, 0.4) is 0 Å². The van der Waals surface area contributed by atoms with Crippen molar-refractivity contribution in [1.82, 2.24) is 10.2 Å². The second-order valence-electron chi connectivity index (χ2n) is 6.37. The molecule has 2 fully saturated rings. The van der Waals surface area contributed by atoms with Crippen molar-refractivity contribution in [3.63, 3.8) is 0 Å². The van der Waals surface area contributed by atoms with Gasteiger partial charge in [0.05, 0.1) is 19.3 Å². The van der Waals surface area contributed by atoms with Crippen molar-refractivity contribution in [2.75, 3.05) is 33.4 Å². The monoisotopic (exact) mass is 270 g/mol. The van der Waals surface area contributed by atoms with E-state index in [1.54, 1.807) is 0 Å². The average molecular weight is 270 g/mol. The zero-order valence-corrected chi connectivity index (χ0v) is 12.5. The van der Waals surface area contributed by atoms with Crippen LogP contribution in [0.5, 0.6) is 0 Å². The number of hydrogen-bond acceptors (Lipinski definition) is 4. The number of ether oxygens (including phenoxy) is 1. The fraction of sp³-hybridized carbons (Fsp3) is 1.00. The van der Waals surface area contributed by atoms with E-state index in [0.29, 0.717) is 12.1 Å². The lowest BCUT2D eigenvalue weighted by Crippen LogP contribution is -2.53. The first-order valence-corrected chi connectivity index (χ1v) is 7.84. The van der Waals surface area contributed by atoms with E-state index in [4.69, 9.17) is 4.74 Å². The molecule has 19 heavy (non-hydrogen) atoms. The van der Waals surface area contributed by atoms with Gasteiger partial charge in [0.2, 0.25) is 0 Å². The zero-order valence-electron chi connectivity index (χ0n) is 12.5. The van der Waals surface area contributed by atoms with Gasteiger partial charge in [0.25, 0.3) is 0 Å². The van der Waals surface area contributed by atoms with Crippen LogP contribution in [0.25, 0.3) is 0 Å². The summed E-state index contributed by atoms with van der Waals surface area (Å²) < 4.78 is 5.91. The summed E-state index contributed by atoms with van der Waals surface area (Å²) in [6.45, 7) is 5.41. The van der Waals surface area contributed by atoms with Crippen LogP contribution < -0.4 is 5.32 Å². The van der Waals surface area contributed by atoms with E-state index in [1.807, 2.05) is 7.05 Å². The maximum absolute atomic E-state index is 9.41. The van der Waals surface area contributed by atoms with Crippen LogP contribution in [0.15, 0.2) is 0 Å². The molecule has 1 saturated carbocycles. The van der Waals surface area contributed by atoms with E-state index < -0.39 is 0 Å². The first-order chi connectivity index (χ1) is 9.18. The normalized spacial score (nSPS) is 31.7. The maximum atomic E-state index is 9.41. The molecule has 1 aliphatic carbocycles. The minimum Gasteiger partial charge on any atom is -0.394 e. The van der Waals surface area contributed by atoms with Crippen molar-refractivity contribution < 1.29 is 9.84 Å². The molecule has 1 heterocycles. The molecule has 0 aromatic rings. The molecule has 0 radical (unpaired) electrons. The van der Waals surface area contributed by atoms with Gasteiger partial charge < -0.3 is 15.2 Å². The Hall–Kier alpha value is -0.160. The van der Waals surface area contributed by atoms with Crippen molar-refractivity contribution in [2.45, 2.75) is 63.1 Å². The predicted molar refractivity (Wildman–Crippen MR) is 77.4 cm³/mol. The second-order valence-corrected chi connectivity index (χ2v) is 6.37. The molecule has 3 atom stereocenters. The molecule has 1 aliphatic heterocycles. The molecule has 2 N–H and O–H groups in total. The van der Waals surface area contributed by atoms with E-state index in [0.717, 1.165) is 32.5 Å². The van der Waals surface area contributed by atoms with Crippen molar-refractivity contribution in [3.05, 3.63) is 0 Å². The summed E-state index contributed by atoms with van der Waals surface area (Å²) >= 11 is 0. The van der Waals surface area contributed by atoms with Crippen molar-refractivity contribution in [3.8, 4) is 0 Å². The maximum Gasteiger partial charge on any atom is 0.0730 e. The highest BCUT2D eigenvalue weighted by molar-refractivity contribution is 4.88. The van der Waals surface area contributed by atoms with Crippen LogP contribution >= 0.6 is 0 Å². The molecule has 0 aromatic carbocycles. The number of aliphatic hydroxyl groups excluding tert-OH is 1. The Morgan fingerprint density at radius 3 is 2.89 bits per heavy atom. The van der Waals surface area contributed by atoms with Crippen LogP contribution in [0.4, 0.5) is 0 Å². The number of aliphatic hydroxyl groups is 1. The lowest BCUT2D eigenvalue weighted by Gasteiger charge is -2.44. The molecule has 2 rings (SSSR count). The van der Waals surface area contributed by atoms with Crippen LogP contribution in [0.1, 0.15) is 45.4 Å². The highest BCUT2D eigenvalue weighted by Crippen LogP contribution is 2.28. The van der Waals surface area contributed by atoms with Crippen molar-refractivity contribution in [1.29, 1.82) is 0 Å². The molecule has 0 amide bonds. The Morgan fingerprint density at radius 1 is 1.37 bits per heavy atom. The Morgan fingerprint density at radius 2 is 2.16 bits per heavy atom. The lowest BCUT2D eigenvalue weighted by molar-refractivity contribution is -0.0886. The molecule has 112 valence electrons. The zero-order chi connectivity index (χ0) is 13.7. The Labute approximate surface area is 117 Å². The van der Waals surface area contributed by atoms with Gasteiger partial charge in [-0.1, -0.05) is 12.8 Å². The molecule has 2 aliphatic rings. The Kier molecular flexibility index (Phi) is 5.63. The first-order valence-electron chi connectivity index (χ1n) is 7.84. The Balaban J connectivity index is 1.78. The van der Waals surface area contributed by atoms with Gasteiger partial charge in [0.15, 0.2) is 0 Å². The number of morpholine rings is 1. The van der Waals surface area contributed by atoms with Crippen molar-refractivity contribution >= 4 is 0 Å². The SMILES string of the molecule is CNC(C)(CO)CCCN1CCOC2CCCCC21. The molecule has 3 unspecified atom stereocenters. The van der Waals surface area contributed by atoms with Gasteiger partial charge in [-0.25, -0.2) is 0 Å². The lowest BCUT2D eigenvalue weighted by atomic mass is 9.89. The first kappa shape index (κ1) is 15.2. The van der Waals surface area contributed by atoms with E-state index in [-0.39, 0.29) is 12.1 Å². The fourth-order valence-electron chi connectivity index (χ4n) is 3.41. The number of likely N-dealkylation sites (N-methyl/N-ethyl adjacent to an activating group) is 1. The summed E-state index contributed by atoms with van der Waals surface area (Å²) in [6.07, 6.45) is 7.87. The predicted octanol–water partition coefficient (Wildman–Crippen LogP) is 1.38. The average Bonchev–Trinajstić information content (AvgIpc) is 2.47. The Bertz CT molecular complexity index is 267. The van der Waals surface area contributed by atoms with Crippen LogP contribution in [0.2, 0.25) is 0 Å². The van der Waals surface area contributed by atoms with Gasteiger partial charge in [-0.05, 0) is 46.2 Å². The standard InChI is InChI=1S/C15H30N2O2/c1-15(12-18,16-2)8-5-9-17-10-11-19-14-7-4-3-6-13(14)17/h13-14,16,18H,3-12H2,1-2H3. The van der Waals surface area contributed by atoms with Gasteiger partial charge in [-0.2, -0.15) is 0 Å². The molecular weight excluding hydrogens is 240 g/mol. The number of rotatable bonds is 6.